The molecular weight excluding hydrogens is 464 g/mol. The number of benzene rings is 3. The molecule has 9 heteroatoms. The van der Waals surface area contributed by atoms with Gasteiger partial charge >= 0.3 is 0 Å². The first-order valence-electron chi connectivity index (χ1n) is 11.3. The zero-order chi connectivity index (χ0) is 24.5. The molecule has 0 bridgehead atoms. The highest BCUT2D eigenvalue weighted by atomic mass is 32.2. The molecule has 35 heavy (non-hydrogen) atoms. The number of amides is 1. The van der Waals surface area contributed by atoms with Crippen molar-refractivity contribution in [3.05, 3.63) is 96.3 Å². The highest BCUT2D eigenvalue weighted by Crippen LogP contribution is 2.33. The smallest absolute Gasteiger partial charge is 0.264 e. The number of aliphatic hydroxyl groups is 1. The molecule has 1 fully saturated rings. The van der Waals surface area contributed by atoms with Crippen molar-refractivity contribution in [3.63, 3.8) is 0 Å². The van der Waals surface area contributed by atoms with Crippen molar-refractivity contribution in [2.75, 3.05) is 17.8 Å². The van der Waals surface area contributed by atoms with E-state index in [0.717, 1.165) is 5.56 Å². The van der Waals surface area contributed by atoms with E-state index in [2.05, 4.69) is 14.7 Å². The minimum atomic E-state index is -3.91. The molecule has 1 aliphatic heterocycles. The molecule has 1 aliphatic rings. The fraction of sp³-hybridized carbons (Fsp3) is 0.192. The number of nitrogens with zero attached hydrogens (tertiary/aromatic N) is 3. The van der Waals surface area contributed by atoms with Gasteiger partial charge in [0, 0.05) is 36.7 Å². The molecule has 0 unspecified atom stereocenters. The molecule has 3 aromatic carbocycles. The lowest BCUT2D eigenvalue weighted by molar-refractivity contribution is -0.0211. The van der Waals surface area contributed by atoms with Crippen LogP contribution in [0.15, 0.2) is 90.1 Å². The van der Waals surface area contributed by atoms with Crippen LogP contribution in [-0.2, 0) is 15.6 Å². The zero-order valence-corrected chi connectivity index (χ0v) is 19.6. The first-order chi connectivity index (χ1) is 16.9. The number of carbonyl (C=O) groups is 1. The Hall–Kier alpha value is -3.82. The molecule has 5 rings (SSSR count). The van der Waals surface area contributed by atoms with E-state index >= 15 is 0 Å². The van der Waals surface area contributed by atoms with Crippen molar-refractivity contribution in [2.24, 2.45) is 0 Å². The lowest BCUT2D eigenvalue weighted by Gasteiger charge is -2.38. The summed E-state index contributed by atoms with van der Waals surface area (Å²) in [5, 5.41) is 11.0. The van der Waals surface area contributed by atoms with Gasteiger partial charge in [0.2, 0.25) is 0 Å². The number of rotatable bonds is 5. The summed E-state index contributed by atoms with van der Waals surface area (Å²) in [5.41, 5.74) is 1.48. The minimum Gasteiger partial charge on any atom is -0.385 e. The van der Waals surface area contributed by atoms with Gasteiger partial charge < -0.3 is 10.0 Å². The van der Waals surface area contributed by atoms with Crippen molar-refractivity contribution < 1.29 is 18.3 Å². The second kappa shape index (κ2) is 9.09. The number of para-hydroxylation sites is 1. The molecule has 0 aliphatic carbocycles. The Labute approximate surface area is 203 Å². The van der Waals surface area contributed by atoms with Crippen LogP contribution in [0.3, 0.4) is 0 Å². The van der Waals surface area contributed by atoms with Crippen molar-refractivity contribution in [3.8, 4) is 0 Å². The molecule has 1 saturated heterocycles. The lowest BCUT2D eigenvalue weighted by Crippen LogP contribution is -2.45. The predicted molar refractivity (Wildman–Crippen MR) is 132 cm³/mol. The molecular formula is C26H24N4O4S. The van der Waals surface area contributed by atoms with Crippen LogP contribution in [0.2, 0.25) is 0 Å². The van der Waals surface area contributed by atoms with Gasteiger partial charge in [-0.2, -0.15) is 0 Å². The van der Waals surface area contributed by atoms with Gasteiger partial charge in [0.15, 0.2) is 0 Å². The quantitative estimate of drug-likeness (QED) is 0.444. The van der Waals surface area contributed by atoms with Crippen LogP contribution < -0.4 is 4.72 Å². The second-order valence-corrected chi connectivity index (χ2v) is 10.2. The van der Waals surface area contributed by atoms with E-state index < -0.39 is 15.6 Å². The third-order valence-corrected chi connectivity index (χ3v) is 7.74. The van der Waals surface area contributed by atoms with Crippen LogP contribution >= 0.6 is 0 Å². The highest BCUT2D eigenvalue weighted by molar-refractivity contribution is 7.93. The number of carbonyl (C=O) groups excluding carboxylic acids is 1. The Morgan fingerprint density at radius 1 is 0.886 bits per heavy atom. The topological polar surface area (TPSA) is 112 Å². The third-order valence-electron chi connectivity index (χ3n) is 6.32. The Kier molecular flexibility index (Phi) is 5.96. The number of piperidine rings is 1. The largest absolute Gasteiger partial charge is 0.385 e. The standard InChI is InChI=1S/C26H24N4O4S/c31-25(30-17-13-26(32,14-18-30)20-5-2-1-3-6-20)19-9-11-21(12-10-19)29-35(33,34)23-8-4-7-22-24(23)28-16-15-27-22/h1-12,15-16,29,32H,13-14,17-18H2. The van der Waals surface area contributed by atoms with E-state index in [1.165, 1.54) is 18.5 Å². The maximum Gasteiger partial charge on any atom is 0.264 e. The number of fused-ring (bicyclic) bond motifs is 1. The van der Waals surface area contributed by atoms with E-state index in [1.54, 1.807) is 41.3 Å². The predicted octanol–water partition coefficient (Wildman–Crippen LogP) is 3.55. The number of sulfonamides is 1. The van der Waals surface area contributed by atoms with Crippen LogP contribution in [0.25, 0.3) is 11.0 Å². The van der Waals surface area contributed by atoms with E-state index in [0.29, 0.717) is 42.7 Å². The summed E-state index contributed by atoms with van der Waals surface area (Å²) in [7, 11) is -3.91. The third kappa shape index (κ3) is 4.60. The molecule has 0 saturated carbocycles. The van der Waals surface area contributed by atoms with Gasteiger partial charge in [0.25, 0.3) is 15.9 Å². The van der Waals surface area contributed by atoms with E-state index in [4.69, 9.17) is 0 Å². The van der Waals surface area contributed by atoms with E-state index in [9.17, 15) is 18.3 Å². The maximum absolute atomic E-state index is 13.0. The monoisotopic (exact) mass is 488 g/mol. The number of aromatic nitrogens is 2. The Balaban J connectivity index is 1.27. The summed E-state index contributed by atoms with van der Waals surface area (Å²) in [6.07, 6.45) is 3.86. The lowest BCUT2D eigenvalue weighted by atomic mass is 9.84. The average molecular weight is 489 g/mol. The minimum absolute atomic E-state index is 0.0301. The van der Waals surface area contributed by atoms with Crippen molar-refractivity contribution in [1.29, 1.82) is 0 Å². The summed E-state index contributed by atoms with van der Waals surface area (Å²) in [6, 6.07) is 20.6. The first-order valence-corrected chi connectivity index (χ1v) is 12.7. The summed E-state index contributed by atoms with van der Waals surface area (Å²) in [4.78, 5) is 23.1. The molecule has 8 nitrogen and oxygen atoms in total. The van der Waals surface area contributed by atoms with Crippen molar-refractivity contribution >= 4 is 32.7 Å². The molecule has 0 atom stereocenters. The summed E-state index contributed by atoms with van der Waals surface area (Å²) in [6.45, 7) is 0.863. The van der Waals surface area contributed by atoms with Crippen LogP contribution in [0.5, 0.6) is 0 Å². The summed E-state index contributed by atoms with van der Waals surface area (Å²) in [5.74, 6) is -0.154. The van der Waals surface area contributed by atoms with Gasteiger partial charge in [-0.15, -0.1) is 0 Å². The van der Waals surface area contributed by atoms with Crippen LogP contribution in [0.1, 0.15) is 28.8 Å². The molecule has 4 aromatic rings. The molecule has 0 radical (unpaired) electrons. The first kappa shape index (κ1) is 22.9. The van der Waals surface area contributed by atoms with E-state index in [1.807, 2.05) is 30.3 Å². The second-order valence-electron chi connectivity index (χ2n) is 8.55. The number of hydrogen-bond acceptors (Lipinski definition) is 6. The van der Waals surface area contributed by atoms with Gasteiger partial charge in [-0.05, 0) is 54.8 Å². The maximum atomic E-state index is 13.0. The van der Waals surface area contributed by atoms with Crippen LogP contribution in [0, 0.1) is 0 Å². The Morgan fingerprint density at radius 3 is 2.29 bits per heavy atom. The van der Waals surface area contributed by atoms with Crippen LogP contribution in [-0.4, -0.2) is 47.4 Å². The number of nitrogens with one attached hydrogen (secondary N) is 1. The molecule has 2 N–H and O–H groups in total. The Bertz CT molecular complexity index is 1460. The SMILES string of the molecule is O=C(c1ccc(NS(=O)(=O)c2cccc3nccnc23)cc1)N1CCC(O)(c2ccccc2)CC1. The molecule has 0 spiro atoms. The fourth-order valence-corrected chi connectivity index (χ4v) is 5.60. The number of likely N-dealkylation sites (tertiary alicyclic amines) is 1. The molecule has 1 aromatic heterocycles. The van der Waals surface area contributed by atoms with Crippen molar-refractivity contribution in [2.45, 2.75) is 23.3 Å². The Morgan fingerprint density at radius 2 is 1.57 bits per heavy atom. The van der Waals surface area contributed by atoms with Gasteiger partial charge in [0.1, 0.15) is 10.4 Å². The molecule has 2 heterocycles. The van der Waals surface area contributed by atoms with Crippen LogP contribution in [0.4, 0.5) is 5.69 Å². The zero-order valence-electron chi connectivity index (χ0n) is 18.8. The summed E-state index contributed by atoms with van der Waals surface area (Å²) >= 11 is 0. The van der Waals surface area contributed by atoms with Crippen molar-refractivity contribution in [1.82, 2.24) is 14.9 Å². The van der Waals surface area contributed by atoms with E-state index in [-0.39, 0.29) is 16.3 Å². The normalized spacial score (nSPS) is 15.6. The molecule has 1 amide bonds. The molecule has 178 valence electrons. The van der Waals surface area contributed by atoms with Gasteiger partial charge in [-0.3, -0.25) is 19.5 Å². The van der Waals surface area contributed by atoms with Gasteiger partial charge in [-0.1, -0.05) is 36.4 Å². The highest BCUT2D eigenvalue weighted by Gasteiger charge is 2.35. The van der Waals surface area contributed by atoms with Gasteiger partial charge in [-0.25, -0.2) is 8.42 Å². The number of hydrogen-bond donors (Lipinski definition) is 2. The number of anilines is 1. The summed E-state index contributed by atoms with van der Waals surface area (Å²) < 4.78 is 28.5. The average Bonchev–Trinajstić information content (AvgIpc) is 2.89. The van der Waals surface area contributed by atoms with Gasteiger partial charge in [0.05, 0.1) is 11.1 Å². The fourth-order valence-electron chi connectivity index (χ4n) is 4.37.